The van der Waals surface area contributed by atoms with Crippen LogP contribution in [0.15, 0.2) is 22.7 Å². The smallest absolute Gasteiger partial charge is 0.257 e. The van der Waals surface area contributed by atoms with Gasteiger partial charge in [0.15, 0.2) is 6.61 Å². The third kappa shape index (κ3) is 6.07. The third-order valence-corrected chi connectivity index (χ3v) is 3.43. The predicted molar refractivity (Wildman–Crippen MR) is 80.3 cm³/mol. The normalized spacial score (nSPS) is 10.3. The first-order chi connectivity index (χ1) is 9.17. The van der Waals surface area contributed by atoms with Crippen LogP contribution in [-0.2, 0) is 11.2 Å². The minimum atomic E-state index is -0.0863. The van der Waals surface area contributed by atoms with Gasteiger partial charge in [0, 0.05) is 11.0 Å². The summed E-state index contributed by atoms with van der Waals surface area (Å²) in [7, 11) is 0. The van der Waals surface area contributed by atoms with Gasteiger partial charge >= 0.3 is 0 Å². The number of nitrogens with one attached hydrogen (secondary N) is 1. The Hall–Kier alpha value is -1.07. The lowest BCUT2D eigenvalue weighted by Gasteiger charge is -2.09. The fourth-order valence-corrected chi connectivity index (χ4v) is 2.04. The summed E-state index contributed by atoms with van der Waals surface area (Å²) in [5.41, 5.74) is 6.63. The molecule has 0 saturated heterocycles. The number of unbranched alkanes of at least 4 members (excludes halogenated alkanes) is 1. The average molecular weight is 329 g/mol. The van der Waals surface area contributed by atoms with Crippen molar-refractivity contribution in [3.63, 3.8) is 0 Å². The number of ether oxygens (including phenoxy) is 1. The van der Waals surface area contributed by atoms with Gasteiger partial charge in [-0.15, -0.1) is 0 Å². The van der Waals surface area contributed by atoms with Gasteiger partial charge in [-0.25, -0.2) is 0 Å². The molecule has 1 aromatic rings. The Kier molecular flexibility index (Phi) is 7.52. The number of nitrogens with two attached hydrogens (primary N) is 1. The van der Waals surface area contributed by atoms with E-state index in [1.165, 1.54) is 0 Å². The molecule has 0 aliphatic carbocycles. The lowest BCUT2D eigenvalue weighted by atomic mass is 10.1. The summed E-state index contributed by atoms with van der Waals surface area (Å²) >= 11 is 3.46. The molecule has 0 unspecified atom stereocenters. The summed E-state index contributed by atoms with van der Waals surface area (Å²) in [6, 6.07) is 5.66. The number of carbonyl (C=O) groups is 1. The van der Waals surface area contributed by atoms with Crippen molar-refractivity contribution in [2.75, 3.05) is 19.7 Å². The molecule has 106 valence electrons. The lowest BCUT2D eigenvalue weighted by molar-refractivity contribution is -0.123. The minimum Gasteiger partial charge on any atom is -0.484 e. The van der Waals surface area contributed by atoms with Crippen molar-refractivity contribution in [3.05, 3.63) is 28.2 Å². The summed E-state index contributed by atoms with van der Waals surface area (Å²) < 4.78 is 6.48. The second kappa shape index (κ2) is 8.93. The molecule has 0 aliphatic heterocycles. The van der Waals surface area contributed by atoms with Crippen molar-refractivity contribution in [2.24, 2.45) is 5.73 Å². The van der Waals surface area contributed by atoms with Crippen molar-refractivity contribution in [1.29, 1.82) is 0 Å². The Bertz CT molecular complexity index is 410. The molecule has 1 aromatic carbocycles. The molecule has 0 aromatic heterocycles. The fraction of sp³-hybridized carbons (Fsp3) is 0.500. The van der Waals surface area contributed by atoms with Gasteiger partial charge in [-0.2, -0.15) is 0 Å². The topological polar surface area (TPSA) is 64.3 Å². The number of hydrogen-bond donors (Lipinski definition) is 2. The van der Waals surface area contributed by atoms with Crippen molar-refractivity contribution >= 4 is 21.8 Å². The standard InChI is InChI=1S/C14H21BrN2O2/c1-2-3-8-17-14(18)10-19-12-4-5-13(15)11(9-12)6-7-16/h4-5,9H,2-3,6-8,10,16H2,1H3,(H,17,18). The average Bonchev–Trinajstić information content (AvgIpc) is 2.40. The molecule has 19 heavy (non-hydrogen) atoms. The zero-order valence-electron chi connectivity index (χ0n) is 11.2. The van der Waals surface area contributed by atoms with Crippen LogP contribution in [0.3, 0.4) is 0 Å². The molecule has 0 aliphatic rings. The molecule has 1 amide bonds. The highest BCUT2D eigenvalue weighted by atomic mass is 79.9. The number of carbonyl (C=O) groups excluding carboxylic acids is 1. The van der Waals surface area contributed by atoms with Gasteiger partial charge in [0.05, 0.1) is 0 Å². The van der Waals surface area contributed by atoms with Crippen LogP contribution in [0.1, 0.15) is 25.3 Å². The number of amides is 1. The monoisotopic (exact) mass is 328 g/mol. The highest BCUT2D eigenvalue weighted by molar-refractivity contribution is 9.10. The molecular weight excluding hydrogens is 308 g/mol. The fourth-order valence-electron chi connectivity index (χ4n) is 1.59. The van der Waals surface area contributed by atoms with Gasteiger partial charge in [0.1, 0.15) is 5.75 Å². The number of hydrogen-bond acceptors (Lipinski definition) is 3. The van der Waals surface area contributed by atoms with Gasteiger partial charge in [-0.05, 0) is 43.1 Å². The Morgan fingerprint density at radius 1 is 1.47 bits per heavy atom. The molecule has 1 rings (SSSR count). The van der Waals surface area contributed by atoms with E-state index in [2.05, 4.69) is 28.2 Å². The van der Waals surface area contributed by atoms with Gasteiger partial charge < -0.3 is 15.8 Å². The van der Waals surface area contributed by atoms with E-state index in [4.69, 9.17) is 10.5 Å². The van der Waals surface area contributed by atoms with E-state index in [9.17, 15) is 4.79 Å². The second-order valence-corrected chi connectivity index (χ2v) is 5.14. The zero-order valence-corrected chi connectivity index (χ0v) is 12.8. The molecule has 0 saturated carbocycles. The molecule has 5 heteroatoms. The van der Waals surface area contributed by atoms with Crippen molar-refractivity contribution in [1.82, 2.24) is 5.32 Å². The Morgan fingerprint density at radius 3 is 2.95 bits per heavy atom. The van der Waals surface area contributed by atoms with Crippen LogP contribution in [-0.4, -0.2) is 25.6 Å². The first-order valence-electron chi connectivity index (χ1n) is 6.55. The zero-order chi connectivity index (χ0) is 14.1. The van der Waals surface area contributed by atoms with Gasteiger partial charge in [0.25, 0.3) is 5.91 Å². The van der Waals surface area contributed by atoms with Crippen LogP contribution in [0, 0.1) is 0 Å². The summed E-state index contributed by atoms with van der Waals surface area (Å²) in [4.78, 5) is 11.5. The summed E-state index contributed by atoms with van der Waals surface area (Å²) in [5.74, 6) is 0.606. The summed E-state index contributed by atoms with van der Waals surface area (Å²) in [6.45, 7) is 3.42. The molecule has 3 N–H and O–H groups in total. The molecule has 0 fully saturated rings. The van der Waals surface area contributed by atoms with E-state index in [0.717, 1.165) is 29.3 Å². The predicted octanol–water partition coefficient (Wildman–Crippen LogP) is 2.25. The highest BCUT2D eigenvalue weighted by Crippen LogP contribution is 2.22. The van der Waals surface area contributed by atoms with Crippen LogP contribution in [0.4, 0.5) is 0 Å². The maximum Gasteiger partial charge on any atom is 0.257 e. The van der Waals surface area contributed by atoms with E-state index in [-0.39, 0.29) is 12.5 Å². The maximum atomic E-state index is 11.5. The van der Waals surface area contributed by atoms with Gasteiger partial charge in [-0.3, -0.25) is 4.79 Å². The molecule has 0 bridgehead atoms. The first kappa shape index (κ1) is 16.0. The van der Waals surface area contributed by atoms with E-state index in [1.54, 1.807) is 0 Å². The maximum absolute atomic E-state index is 11.5. The molecule has 0 spiro atoms. The van der Waals surface area contributed by atoms with E-state index in [1.807, 2.05) is 18.2 Å². The number of benzene rings is 1. The molecule has 0 radical (unpaired) electrons. The van der Waals surface area contributed by atoms with Crippen LogP contribution in [0.5, 0.6) is 5.75 Å². The minimum absolute atomic E-state index is 0.0490. The summed E-state index contributed by atoms with van der Waals surface area (Å²) in [6.07, 6.45) is 2.83. The van der Waals surface area contributed by atoms with Gasteiger partial charge in [0.2, 0.25) is 0 Å². The van der Waals surface area contributed by atoms with Crippen LogP contribution in [0.25, 0.3) is 0 Å². The van der Waals surface area contributed by atoms with Crippen LogP contribution < -0.4 is 15.8 Å². The van der Waals surface area contributed by atoms with Crippen molar-refractivity contribution in [3.8, 4) is 5.75 Å². The van der Waals surface area contributed by atoms with Crippen molar-refractivity contribution in [2.45, 2.75) is 26.2 Å². The molecule has 4 nitrogen and oxygen atoms in total. The largest absolute Gasteiger partial charge is 0.484 e. The second-order valence-electron chi connectivity index (χ2n) is 4.28. The van der Waals surface area contributed by atoms with E-state index >= 15 is 0 Å². The van der Waals surface area contributed by atoms with Crippen molar-refractivity contribution < 1.29 is 9.53 Å². The Labute approximate surface area is 122 Å². The van der Waals surface area contributed by atoms with Crippen LogP contribution in [0.2, 0.25) is 0 Å². The molecule has 0 heterocycles. The quantitative estimate of drug-likeness (QED) is 0.719. The Balaban J connectivity index is 2.44. The summed E-state index contributed by atoms with van der Waals surface area (Å²) in [5, 5.41) is 2.81. The van der Waals surface area contributed by atoms with E-state index < -0.39 is 0 Å². The lowest BCUT2D eigenvalue weighted by Crippen LogP contribution is -2.29. The first-order valence-corrected chi connectivity index (χ1v) is 7.34. The SMILES string of the molecule is CCCCNC(=O)COc1ccc(Br)c(CCN)c1. The highest BCUT2D eigenvalue weighted by Gasteiger charge is 2.05. The van der Waals surface area contributed by atoms with Gasteiger partial charge in [-0.1, -0.05) is 29.3 Å². The molecular formula is C14H21BrN2O2. The number of rotatable bonds is 8. The Morgan fingerprint density at radius 2 is 2.26 bits per heavy atom. The third-order valence-electron chi connectivity index (χ3n) is 2.65. The number of halogens is 1. The van der Waals surface area contributed by atoms with Crippen LogP contribution >= 0.6 is 15.9 Å². The van der Waals surface area contributed by atoms with E-state index in [0.29, 0.717) is 18.8 Å². The molecule has 0 atom stereocenters.